The highest BCUT2D eigenvalue weighted by atomic mass is 16.5. The molecule has 28 heavy (non-hydrogen) atoms. The third kappa shape index (κ3) is 3.06. The predicted octanol–water partition coefficient (Wildman–Crippen LogP) is 3.35. The Hall–Kier alpha value is -2.78. The van der Waals surface area contributed by atoms with Crippen LogP contribution in [0.5, 0.6) is 11.5 Å². The number of nitriles is 1. The molecule has 6 heteroatoms. The van der Waals surface area contributed by atoms with Gasteiger partial charge in [0.05, 0.1) is 32.0 Å². The molecule has 146 valence electrons. The molecule has 0 N–H and O–H groups in total. The fraction of sp³-hybridized carbons (Fsp3) is 0.455. The minimum atomic E-state index is -0.319. The molecule has 0 unspecified atom stereocenters. The van der Waals surface area contributed by atoms with Crippen LogP contribution < -0.4 is 14.4 Å². The normalized spacial score (nSPS) is 17.7. The molecule has 1 aromatic carbocycles. The van der Waals surface area contributed by atoms with E-state index in [1.165, 1.54) is 11.1 Å². The van der Waals surface area contributed by atoms with E-state index in [9.17, 15) is 5.26 Å². The molecule has 1 fully saturated rings. The number of anilines is 1. The van der Waals surface area contributed by atoms with Gasteiger partial charge in [-0.3, -0.25) is 0 Å². The van der Waals surface area contributed by atoms with E-state index in [1.54, 1.807) is 14.2 Å². The maximum atomic E-state index is 9.45. The second-order valence-corrected chi connectivity index (χ2v) is 7.38. The standard InChI is InChI=1S/C22H25N3O3/c1-15-4-5-17(14-23)21(24-15)25-9-7-22(8-10-25)18-13-20(27-3)19(26-2)12-16(18)6-11-28-22/h4-5,12-13H,6-11H2,1-3H3. The second kappa shape index (κ2) is 7.33. The van der Waals surface area contributed by atoms with Crippen molar-refractivity contribution in [3.8, 4) is 17.6 Å². The summed E-state index contributed by atoms with van der Waals surface area (Å²) >= 11 is 0. The largest absolute Gasteiger partial charge is 0.493 e. The van der Waals surface area contributed by atoms with E-state index in [4.69, 9.17) is 14.2 Å². The third-order valence-corrected chi connectivity index (χ3v) is 5.86. The molecule has 3 heterocycles. The van der Waals surface area contributed by atoms with Crippen LogP contribution in [0.15, 0.2) is 24.3 Å². The van der Waals surface area contributed by atoms with Crippen LogP contribution in [0.25, 0.3) is 0 Å². The summed E-state index contributed by atoms with van der Waals surface area (Å²) in [6, 6.07) is 10.2. The topological polar surface area (TPSA) is 67.6 Å². The molecule has 0 atom stereocenters. The van der Waals surface area contributed by atoms with Crippen molar-refractivity contribution in [1.29, 1.82) is 5.26 Å². The second-order valence-electron chi connectivity index (χ2n) is 7.38. The van der Waals surface area contributed by atoms with E-state index in [2.05, 4.69) is 28.1 Å². The zero-order valence-corrected chi connectivity index (χ0v) is 16.6. The van der Waals surface area contributed by atoms with Crippen LogP contribution in [-0.4, -0.2) is 38.9 Å². The Bertz CT molecular complexity index is 927. The number of aromatic nitrogens is 1. The lowest BCUT2D eigenvalue weighted by Gasteiger charge is -2.45. The molecule has 4 rings (SSSR count). The van der Waals surface area contributed by atoms with Gasteiger partial charge in [0.1, 0.15) is 11.9 Å². The van der Waals surface area contributed by atoms with Crippen molar-refractivity contribution in [2.75, 3.05) is 38.8 Å². The van der Waals surface area contributed by atoms with E-state index in [0.29, 0.717) is 12.2 Å². The summed E-state index contributed by atoms with van der Waals surface area (Å²) in [5, 5.41) is 9.45. The van der Waals surface area contributed by atoms with Gasteiger partial charge in [0.2, 0.25) is 0 Å². The Morgan fingerprint density at radius 1 is 1.14 bits per heavy atom. The molecule has 0 radical (unpaired) electrons. The highest BCUT2D eigenvalue weighted by Gasteiger charge is 2.42. The van der Waals surface area contributed by atoms with Gasteiger partial charge in [-0.05, 0) is 61.6 Å². The lowest BCUT2D eigenvalue weighted by molar-refractivity contribution is -0.0768. The number of aryl methyl sites for hydroxylation is 1. The summed E-state index contributed by atoms with van der Waals surface area (Å²) < 4.78 is 17.4. The fourth-order valence-corrected chi connectivity index (χ4v) is 4.35. The van der Waals surface area contributed by atoms with Crippen molar-refractivity contribution in [3.05, 3.63) is 46.6 Å². The Labute approximate surface area is 165 Å². The molecule has 2 aromatic rings. The number of rotatable bonds is 3. The highest BCUT2D eigenvalue weighted by molar-refractivity contribution is 5.55. The molecular weight excluding hydrogens is 354 g/mol. The molecule has 1 saturated heterocycles. The molecule has 0 amide bonds. The monoisotopic (exact) mass is 379 g/mol. The first-order valence-corrected chi connectivity index (χ1v) is 9.62. The summed E-state index contributed by atoms with van der Waals surface area (Å²) in [6.07, 6.45) is 2.56. The molecule has 1 aromatic heterocycles. The number of nitrogens with zero attached hydrogens (tertiary/aromatic N) is 3. The first-order valence-electron chi connectivity index (χ1n) is 9.62. The van der Waals surface area contributed by atoms with E-state index >= 15 is 0 Å². The number of piperidine rings is 1. The number of hydrogen-bond acceptors (Lipinski definition) is 6. The molecule has 0 saturated carbocycles. The van der Waals surface area contributed by atoms with Crippen molar-refractivity contribution < 1.29 is 14.2 Å². The van der Waals surface area contributed by atoms with Gasteiger partial charge in [-0.1, -0.05) is 0 Å². The van der Waals surface area contributed by atoms with E-state index in [-0.39, 0.29) is 5.60 Å². The Balaban J connectivity index is 1.64. The predicted molar refractivity (Wildman–Crippen MR) is 106 cm³/mol. The Morgan fingerprint density at radius 3 is 2.54 bits per heavy atom. The molecular formula is C22H25N3O3. The van der Waals surface area contributed by atoms with Gasteiger partial charge in [-0.25, -0.2) is 4.98 Å². The molecule has 0 aliphatic carbocycles. The van der Waals surface area contributed by atoms with E-state index in [1.807, 2.05) is 19.1 Å². The van der Waals surface area contributed by atoms with Gasteiger partial charge in [-0.15, -0.1) is 0 Å². The summed E-state index contributed by atoms with van der Waals surface area (Å²) in [5.74, 6) is 2.28. The lowest BCUT2D eigenvalue weighted by atomic mass is 9.79. The van der Waals surface area contributed by atoms with Crippen LogP contribution in [0.3, 0.4) is 0 Å². The third-order valence-electron chi connectivity index (χ3n) is 5.86. The van der Waals surface area contributed by atoms with Gasteiger partial charge in [0, 0.05) is 18.8 Å². The van der Waals surface area contributed by atoms with Crippen molar-refractivity contribution in [2.24, 2.45) is 0 Å². The van der Waals surface area contributed by atoms with Crippen molar-refractivity contribution in [2.45, 2.75) is 31.8 Å². The minimum absolute atomic E-state index is 0.319. The number of benzene rings is 1. The summed E-state index contributed by atoms with van der Waals surface area (Å²) in [6.45, 7) is 4.24. The van der Waals surface area contributed by atoms with Crippen molar-refractivity contribution in [1.82, 2.24) is 4.98 Å². The van der Waals surface area contributed by atoms with Crippen LogP contribution >= 0.6 is 0 Å². The summed E-state index contributed by atoms with van der Waals surface area (Å²) in [4.78, 5) is 6.83. The van der Waals surface area contributed by atoms with Gasteiger partial charge in [-0.2, -0.15) is 5.26 Å². The summed E-state index contributed by atoms with van der Waals surface area (Å²) in [5.41, 5.74) is 3.70. The Morgan fingerprint density at radius 2 is 1.86 bits per heavy atom. The van der Waals surface area contributed by atoms with Crippen LogP contribution in [0.2, 0.25) is 0 Å². The van der Waals surface area contributed by atoms with Crippen LogP contribution in [-0.2, 0) is 16.8 Å². The average molecular weight is 379 g/mol. The van der Waals surface area contributed by atoms with E-state index in [0.717, 1.165) is 55.4 Å². The molecule has 2 aliphatic rings. The van der Waals surface area contributed by atoms with Crippen LogP contribution in [0, 0.1) is 18.3 Å². The SMILES string of the molecule is COc1cc2c(cc1OC)C1(CCN(c3nc(C)ccc3C#N)CC1)OCC2. The van der Waals surface area contributed by atoms with Gasteiger partial charge >= 0.3 is 0 Å². The van der Waals surface area contributed by atoms with Gasteiger partial charge in [0.25, 0.3) is 0 Å². The number of pyridine rings is 1. The average Bonchev–Trinajstić information content (AvgIpc) is 2.73. The molecule has 6 nitrogen and oxygen atoms in total. The molecule has 1 spiro atoms. The highest BCUT2D eigenvalue weighted by Crippen LogP contribution is 2.45. The minimum Gasteiger partial charge on any atom is -0.493 e. The summed E-state index contributed by atoms with van der Waals surface area (Å²) in [7, 11) is 3.33. The number of ether oxygens (including phenoxy) is 3. The molecule has 0 bridgehead atoms. The van der Waals surface area contributed by atoms with Crippen LogP contribution in [0.4, 0.5) is 5.82 Å². The van der Waals surface area contributed by atoms with Crippen LogP contribution in [0.1, 0.15) is 35.2 Å². The quantitative estimate of drug-likeness (QED) is 0.815. The first kappa shape index (κ1) is 18.6. The fourth-order valence-electron chi connectivity index (χ4n) is 4.35. The smallest absolute Gasteiger partial charge is 0.161 e. The zero-order valence-electron chi connectivity index (χ0n) is 16.6. The number of methoxy groups -OCH3 is 2. The van der Waals surface area contributed by atoms with Gasteiger partial charge < -0.3 is 19.1 Å². The lowest BCUT2D eigenvalue weighted by Crippen LogP contribution is -2.47. The van der Waals surface area contributed by atoms with Gasteiger partial charge in [0.15, 0.2) is 11.5 Å². The van der Waals surface area contributed by atoms with Crippen molar-refractivity contribution >= 4 is 5.82 Å². The molecule has 2 aliphatic heterocycles. The zero-order chi connectivity index (χ0) is 19.7. The maximum Gasteiger partial charge on any atom is 0.161 e. The number of fused-ring (bicyclic) bond motifs is 2. The van der Waals surface area contributed by atoms with E-state index < -0.39 is 0 Å². The maximum absolute atomic E-state index is 9.45. The van der Waals surface area contributed by atoms with Crippen molar-refractivity contribution in [3.63, 3.8) is 0 Å². The first-order chi connectivity index (χ1) is 13.6. The Kier molecular flexibility index (Phi) is 4.86. The number of hydrogen-bond donors (Lipinski definition) is 0.